The Morgan fingerprint density at radius 3 is 2.81 bits per heavy atom. The first kappa shape index (κ1) is 13.1. The van der Waals surface area contributed by atoms with Crippen LogP contribution in [0.3, 0.4) is 0 Å². The molecular formula is C15H14FN5. The molecule has 0 aliphatic rings. The highest BCUT2D eigenvalue weighted by atomic mass is 19.1. The average molecular weight is 283 g/mol. The Morgan fingerprint density at radius 2 is 2.05 bits per heavy atom. The molecule has 0 radical (unpaired) electrons. The lowest BCUT2D eigenvalue weighted by atomic mass is 10.2. The van der Waals surface area contributed by atoms with Crippen LogP contribution >= 0.6 is 0 Å². The monoisotopic (exact) mass is 283 g/mol. The van der Waals surface area contributed by atoms with Crippen LogP contribution in [0.1, 0.15) is 11.3 Å². The van der Waals surface area contributed by atoms with Gasteiger partial charge in [0.1, 0.15) is 11.5 Å². The van der Waals surface area contributed by atoms with Crippen molar-refractivity contribution < 1.29 is 4.39 Å². The topological polar surface area (TPSA) is 82.8 Å². The predicted octanol–water partition coefficient (Wildman–Crippen LogP) is 1.83. The second-order valence-corrected chi connectivity index (χ2v) is 4.59. The van der Waals surface area contributed by atoms with Crippen molar-refractivity contribution in [3.8, 4) is 0 Å². The van der Waals surface area contributed by atoms with Gasteiger partial charge in [-0.2, -0.15) is 5.10 Å². The van der Waals surface area contributed by atoms with E-state index in [2.05, 4.69) is 10.1 Å². The molecule has 106 valence electrons. The summed E-state index contributed by atoms with van der Waals surface area (Å²) in [6.45, 7) is 0.276. The van der Waals surface area contributed by atoms with Crippen molar-refractivity contribution in [3.05, 3.63) is 65.9 Å². The molecule has 5 nitrogen and oxygen atoms in total. The maximum absolute atomic E-state index is 13.8. The standard InChI is InChI=1S/C15H14FN5/c16-12-6-2-1-4-10(12)9-21-15-11(5-3-7-19-15)14(20-21)13(18)8-17/h1-8H,9,17-18H2/b13-8+. The lowest BCUT2D eigenvalue weighted by molar-refractivity contribution is 0.588. The summed E-state index contributed by atoms with van der Waals surface area (Å²) in [5, 5.41) is 5.20. The van der Waals surface area contributed by atoms with Crippen molar-refractivity contribution in [2.75, 3.05) is 0 Å². The average Bonchev–Trinajstić information content (AvgIpc) is 2.88. The molecule has 3 aromatic rings. The Hall–Kier alpha value is -2.89. The van der Waals surface area contributed by atoms with Gasteiger partial charge in [-0.1, -0.05) is 18.2 Å². The van der Waals surface area contributed by atoms with E-state index in [1.807, 2.05) is 6.07 Å². The van der Waals surface area contributed by atoms with E-state index in [0.717, 1.165) is 5.39 Å². The van der Waals surface area contributed by atoms with Crippen LogP contribution in [0.25, 0.3) is 16.7 Å². The van der Waals surface area contributed by atoms with Gasteiger partial charge < -0.3 is 11.5 Å². The molecule has 21 heavy (non-hydrogen) atoms. The minimum Gasteiger partial charge on any atom is -0.403 e. The summed E-state index contributed by atoms with van der Waals surface area (Å²) in [5.41, 5.74) is 13.4. The van der Waals surface area contributed by atoms with Crippen LogP contribution in [-0.2, 0) is 6.54 Å². The molecule has 4 N–H and O–H groups in total. The number of rotatable bonds is 3. The number of fused-ring (bicyclic) bond motifs is 1. The highest BCUT2D eigenvalue weighted by Gasteiger charge is 2.14. The summed E-state index contributed by atoms with van der Waals surface area (Å²) in [7, 11) is 0. The molecule has 2 heterocycles. The first-order valence-electron chi connectivity index (χ1n) is 6.43. The van der Waals surface area contributed by atoms with Gasteiger partial charge >= 0.3 is 0 Å². The van der Waals surface area contributed by atoms with E-state index in [1.165, 1.54) is 12.3 Å². The third kappa shape index (κ3) is 2.31. The summed E-state index contributed by atoms with van der Waals surface area (Å²) in [4.78, 5) is 4.30. The third-order valence-electron chi connectivity index (χ3n) is 3.24. The fraction of sp³-hybridized carbons (Fsp3) is 0.0667. The second-order valence-electron chi connectivity index (χ2n) is 4.59. The molecule has 0 fully saturated rings. The molecule has 0 aliphatic heterocycles. The minimum absolute atomic E-state index is 0.276. The van der Waals surface area contributed by atoms with Crippen molar-refractivity contribution in [1.82, 2.24) is 14.8 Å². The summed E-state index contributed by atoms with van der Waals surface area (Å²) < 4.78 is 15.4. The number of aromatic nitrogens is 3. The molecule has 0 bridgehead atoms. The van der Waals surface area contributed by atoms with Crippen LogP contribution in [0.4, 0.5) is 4.39 Å². The first-order valence-corrected chi connectivity index (χ1v) is 6.43. The lowest BCUT2D eigenvalue weighted by Gasteiger charge is -2.04. The van der Waals surface area contributed by atoms with Gasteiger partial charge in [0.25, 0.3) is 0 Å². The molecular weight excluding hydrogens is 269 g/mol. The van der Waals surface area contributed by atoms with Gasteiger partial charge in [0.05, 0.1) is 12.2 Å². The molecule has 0 atom stereocenters. The molecule has 0 aliphatic carbocycles. The largest absolute Gasteiger partial charge is 0.403 e. The van der Waals surface area contributed by atoms with E-state index < -0.39 is 0 Å². The smallest absolute Gasteiger partial charge is 0.158 e. The van der Waals surface area contributed by atoms with Gasteiger partial charge in [-0.05, 0) is 18.2 Å². The van der Waals surface area contributed by atoms with Gasteiger partial charge in [-0.3, -0.25) is 0 Å². The number of benzene rings is 1. The SMILES string of the molecule is N/C=C(/N)c1nn(Cc2ccccc2F)c2ncccc12. The Kier molecular flexibility index (Phi) is 3.27. The van der Waals surface area contributed by atoms with Gasteiger partial charge in [-0.15, -0.1) is 0 Å². The zero-order valence-corrected chi connectivity index (χ0v) is 11.2. The number of pyridine rings is 1. The summed E-state index contributed by atoms with van der Waals surface area (Å²) in [5.74, 6) is -0.277. The Balaban J connectivity index is 2.13. The summed E-state index contributed by atoms with van der Waals surface area (Å²) in [6.07, 6.45) is 2.95. The Labute approximate surface area is 120 Å². The van der Waals surface area contributed by atoms with Gasteiger partial charge in [0.15, 0.2) is 5.65 Å². The summed E-state index contributed by atoms with van der Waals surface area (Å²) >= 11 is 0. The highest BCUT2D eigenvalue weighted by molar-refractivity contribution is 5.87. The van der Waals surface area contributed by atoms with E-state index in [0.29, 0.717) is 22.6 Å². The molecule has 3 rings (SSSR count). The number of nitrogens with two attached hydrogens (primary N) is 2. The van der Waals surface area contributed by atoms with Crippen molar-refractivity contribution >= 4 is 16.7 Å². The molecule has 1 aromatic carbocycles. The normalized spacial score (nSPS) is 12.0. The zero-order valence-electron chi connectivity index (χ0n) is 11.2. The van der Waals surface area contributed by atoms with Crippen LogP contribution in [0, 0.1) is 5.82 Å². The number of hydrogen-bond acceptors (Lipinski definition) is 4. The predicted molar refractivity (Wildman–Crippen MR) is 79.4 cm³/mol. The van der Waals surface area contributed by atoms with E-state index in [1.54, 1.807) is 35.1 Å². The molecule has 0 amide bonds. The summed E-state index contributed by atoms with van der Waals surface area (Å²) in [6, 6.07) is 10.2. The van der Waals surface area contributed by atoms with Crippen LogP contribution in [0.15, 0.2) is 48.8 Å². The fourth-order valence-electron chi connectivity index (χ4n) is 2.20. The van der Waals surface area contributed by atoms with Crippen molar-refractivity contribution in [3.63, 3.8) is 0 Å². The van der Waals surface area contributed by atoms with E-state index in [9.17, 15) is 4.39 Å². The third-order valence-corrected chi connectivity index (χ3v) is 3.24. The maximum atomic E-state index is 13.8. The van der Waals surface area contributed by atoms with Crippen LogP contribution in [0.5, 0.6) is 0 Å². The zero-order chi connectivity index (χ0) is 14.8. The number of halogens is 1. The highest BCUT2D eigenvalue weighted by Crippen LogP contribution is 2.21. The Morgan fingerprint density at radius 1 is 1.24 bits per heavy atom. The van der Waals surface area contributed by atoms with Crippen LogP contribution in [-0.4, -0.2) is 14.8 Å². The van der Waals surface area contributed by atoms with Crippen molar-refractivity contribution in [2.24, 2.45) is 11.5 Å². The number of nitrogens with zero attached hydrogens (tertiary/aromatic N) is 3. The molecule has 0 saturated carbocycles. The molecule has 6 heteroatoms. The molecule has 2 aromatic heterocycles. The van der Waals surface area contributed by atoms with E-state index in [4.69, 9.17) is 11.5 Å². The molecule has 0 unspecified atom stereocenters. The quantitative estimate of drug-likeness (QED) is 0.768. The van der Waals surface area contributed by atoms with Crippen molar-refractivity contribution in [2.45, 2.75) is 6.54 Å². The second kappa shape index (κ2) is 5.24. The maximum Gasteiger partial charge on any atom is 0.158 e. The van der Waals surface area contributed by atoms with Crippen LogP contribution < -0.4 is 11.5 Å². The van der Waals surface area contributed by atoms with Crippen molar-refractivity contribution in [1.29, 1.82) is 0 Å². The van der Waals surface area contributed by atoms with Crippen LogP contribution in [0.2, 0.25) is 0 Å². The van der Waals surface area contributed by atoms with Gasteiger partial charge in [0, 0.05) is 23.3 Å². The van der Waals surface area contributed by atoms with E-state index >= 15 is 0 Å². The van der Waals surface area contributed by atoms with Gasteiger partial charge in [-0.25, -0.2) is 14.1 Å². The first-order chi connectivity index (χ1) is 10.2. The molecule has 0 saturated heterocycles. The van der Waals surface area contributed by atoms with Gasteiger partial charge in [0.2, 0.25) is 0 Å². The Bertz CT molecular complexity index is 822. The fourth-order valence-corrected chi connectivity index (χ4v) is 2.20. The minimum atomic E-state index is -0.277. The lowest BCUT2D eigenvalue weighted by Crippen LogP contribution is -2.06. The number of hydrogen-bond donors (Lipinski definition) is 2. The molecule has 0 spiro atoms. The van der Waals surface area contributed by atoms with E-state index in [-0.39, 0.29) is 12.4 Å².